The van der Waals surface area contributed by atoms with Crippen molar-refractivity contribution in [2.24, 2.45) is 5.92 Å². The first kappa shape index (κ1) is 23.1. The highest BCUT2D eigenvalue weighted by Gasteiger charge is 2.45. The number of ether oxygens (including phenoxy) is 1. The van der Waals surface area contributed by atoms with Crippen LogP contribution in [0, 0.1) is 5.92 Å². The van der Waals surface area contributed by atoms with Gasteiger partial charge in [0.05, 0.1) is 18.8 Å². The van der Waals surface area contributed by atoms with Gasteiger partial charge in [-0.2, -0.15) is 0 Å². The zero-order valence-corrected chi connectivity index (χ0v) is 17.3. The van der Waals surface area contributed by atoms with Crippen LogP contribution in [0.5, 0.6) is 0 Å². The van der Waals surface area contributed by atoms with Crippen LogP contribution in [0.3, 0.4) is 0 Å². The molecule has 3 rings (SSSR count). The first-order chi connectivity index (χ1) is 13.1. The average molecular weight is 413 g/mol. The molecule has 4 atom stereocenters. The van der Waals surface area contributed by atoms with Crippen molar-refractivity contribution >= 4 is 18.3 Å². The number of carbonyl (C=O) groups is 1. The number of carbonyl (C=O) groups excluding carboxylic acids is 1. The minimum absolute atomic E-state index is 0. The number of nitrogens with zero attached hydrogens (tertiary/aromatic N) is 1. The molecule has 7 heteroatoms. The third kappa shape index (κ3) is 5.67. The number of likely N-dealkylation sites (N-methyl/N-ethyl adjacent to an activating group) is 1. The normalized spacial score (nSPS) is 27.7. The van der Waals surface area contributed by atoms with E-state index in [4.69, 9.17) is 4.74 Å². The van der Waals surface area contributed by atoms with Crippen LogP contribution in [-0.4, -0.2) is 72.1 Å². The van der Waals surface area contributed by atoms with E-state index in [2.05, 4.69) is 22.3 Å². The van der Waals surface area contributed by atoms with E-state index in [1.54, 1.807) is 0 Å². The van der Waals surface area contributed by atoms with Gasteiger partial charge >= 0.3 is 0 Å². The van der Waals surface area contributed by atoms with E-state index < -0.39 is 12.2 Å². The highest BCUT2D eigenvalue weighted by molar-refractivity contribution is 5.85. The van der Waals surface area contributed by atoms with E-state index in [1.807, 2.05) is 25.2 Å². The molecular weight excluding hydrogens is 380 g/mol. The summed E-state index contributed by atoms with van der Waals surface area (Å²) in [6, 6.07) is 9.96. The van der Waals surface area contributed by atoms with Gasteiger partial charge in [0.1, 0.15) is 12.2 Å². The molecule has 1 aromatic rings. The zero-order chi connectivity index (χ0) is 19.2. The Kier molecular flexibility index (Phi) is 9.18. The molecule has 3 N–H and O–H groups in total. The minimum atomic E-state index is -0.774. The molecule has 1 aliphatic carbocycles. The number of hydrogen-bond acceptors (Lipinski definition) is 5. The van der Waals surface area contributed by atoms with Crippen LogP contribution in [-0.2, 0) is 16.0 Å². The first-order valence-electron chi connectivity index (χ1n) is 10.1. The summed E-state index contributed by atoms with van der Waals surface area (Å²) in [6.45, 7) is 0.904. The Balaban J connectivity index is 0.00000280. The zero-order valence-electron chi connectivity index (χ0n) is 16.5. The SMILES string of the molecule is CN(CCc1ccccc1)[C@@H]1[C@H](O)[C@H](CO)O[C@@H]1CNC(=O)C1CCCC1.Cl. The number of rotatable bonds is 8. The Labute approximate surface area is 173 Å². The van der Waals surface area contributed by atoms with Crippen LogP contribution in [0.25, 0.3) is 0 Å². The lowest BCUT2D eigenvalue weighted by Crippen LogP contribution is -2.50. The molecule has 2 aliphatic rings. The molecule has 1 amide bonds. The Morgan fingerprint density at radius 1 is 1.21 bits per heavy atom. The van der Waals surface area contributed by atoms with E-state index in [0.29, 0.717) is 6.54 Å². The average Bonchev–Trinajstić information content (AvgIpc) is 3.33. The Bertz CT molecular complexity index is 597. The quantitative estimate of drug-likeness (QED) is 0.601. The van der Waals surface area contributed by atoms with Crippen LogP contribution < -0.4 is 5.32 Å². The molecule has 1 aliphatic heterocycles. The molecule has 2 fully saturated rings. The lowest BCUT2D eigenvalue weighted by Gasteiger charge is -2.30. The Hall–Kier alpha value is -1.18. The number of nitrogens with one attached hydrogen (secondary N) is 1. The van der Waals surface area contributed by atoms with Crippen molar-refractivity contribution in [1.82, 2.24) is 10.2 Å². The van der Waals surface area contributed by atoms with Gasteiger partial charge in [-0.1, -0.05) is 43.2 Å². The van der Waals surface area contributed by atoms with Gasteiger partial charge in [-0.25, -0.2) is 0 Å². The summed E-state index contributed by atoms with van der Waals surface area (Å²) in [4.78, 5) is 14.4. The molecule has 0 unspecified atom stereocenters. The van der Waals surface area contributed by atoms with Crippen molar-refractivity contribution in [3.63, 3.8) is 0 Å². The first-order valence-corrected chi connectivity index (χ1v) is 10.1. The number of amides is 1. The van der Waals surface area contributed by atoms with Gasteiger partial charge in [0.25, 0.3) is 0 Å². The molecule has 1 heterocycles. The van der Waals surface area contributed by atoms with Gasteiger partial charge in [-0.05, 0) is 31.9 Å². The third-order valence-corrected chi connectivity index (χ3v) is 5.95. The molecule has 1 saturated heterocycles. The van der Waals surface area contributed by atoms with Gasteiger partial charge in [0.2, 0.25) is 5.91 Å². The molecule has 0 aromatic heterocycles. The predicted molar refractivity (Wildman–Crippen MR) is 111 cm³/mol. The lowest BCUT2D eigenvalue weighted by atomic mass is 10.0. The fraction of sp³-hybridized carbons (Fsp3) is 0.667. The summed E-state index contributed by atoms with van der Waals surface area (Å²) in [5.41, 5.74) is 1.24. The minimum Gasteiger partial charge on any atom is -0.394 e. The van der Waals surface area contributed by atoms with Crippen molar-refractivity contribution in [2.75, 3.05) is 26.7 Å². The van der Waals surface area contributed by atoms with Crippen LogP contribution in [0.15, 0.2) is 30.3 Å². The summed E-state index contributed by atoms with van der Waals surface area (Å²) < 4.78 is 5.87. The second-order valence-corrected chi connectivity index (χ2v) is 7.82. The van der Waals surface area contributed by atoms with E-state index in [1.165, 1.54) is 5.56 Å². The topological polar surface area (TPSA) is 82.0 Å². The predicted octanol–water partition coefficient (Wildman–Crippen LogP) is 1.38. The second-order valence-electron chi connectivity index (χ2n) is 7.82. The molecule has 6 nitrogen and oxygen atoms in total. The van der Waals surface area contributed by atoms with E-state index >= 15 is 0 Å². The van der Waals surface area contributed by atoms with Crippen molar-refractivity contribution in [1.29, 1.82) is 0 Å². The van der Waals surface area contributed by atoms with Gasteiger partial charge in [-0.3, -0.25) is 9.69 Å². The van der Waals surface area contributed by atoms with E-state index in [9.17, 15) is 15.0 Å². The Morgan fingerprint density at radius 3 is 2.54 bits per heavy atom. The molecule has 158 valence electrons. The number of halogens is 1. The highest BCUT2D eigenvalue weighted by atomic mass is 35.5. The van der Waals surface area contributed by atoms with Crippen molar-refractivity contribution in [2.45, 2.75) is 56.5 Å². The van der Waals surface area contributed by atoms with Crippen LogP contribution >= 0.6 is 12.4 Å². The van der Waals surface area contributed by atoms with Crippen LogP contribution in [0.4, 0.5) is 0 Å². The van der Waals surface area contributed by atoms with E-state index in [0.717, 1.165) is 38.6 Å². The maximum atomic E-state index is 12.3. The molecule has 1 saturated carbocycles. The number of aliphatic hydroxyl groups excluding tert-OH is 2. The summed E-state index contributed by atoms with van der Waals surface area (Å²) in [7, 11) is 1.96. The molecule has 0 radical (unpaired) electrons. The van der Waals surface area contributed by atoms with Crippen molar-refractivity contribution in [3.05, 3.63) is 35.9 Å². The standard InChI is InChI=1S/C21H32N2O4.ClH/c1-23(12-11-15-7-3-2-4-8-15)19-17(27-18(14-24)20(19)25)13-22-21(26)16-9-5-6-10-16;/h2-4,7-8,16-20,24-25H,5-6,9-14H2,1H3,(H,22,26);1H/t17-,18+,19+,20-;/m1./s1. The fourth-order valence-electron chi connectivity index (χ4n) is 4.32. The molecule has 0 bridgehead atoms. The van der Waals surface area contributed by atoms with Gasteiger partial charge in [-0.15, -0.1) is 12.4 Å². The highest BCUT2D eigenvalue weighted by Crippen LogP contribution is 2.27. The van der Waals surface area contributed by atoms with Gasteiger partial charge < -0.3 is 20.3 Å². The number of hydrogen-bond donors (Lipinski definition) is 3. The largest absolute Gasteiger partial charge is 0.394 e. The summed E-state index contributed by atoms with van der Waals surface area (Å²) in [6.07, 6.45) is 3.31. The Morgan fingerprint density at radius 2 is 1.89 bits per heavy atom. The van der Waals surface area contributed by atoms with Crippen molar-refractivity contribution < 1.29 is 19.7 Å². The summed E-state index contributed by atoms with van der Waals surface area (Å²) >= 11 is 0. The fourth-order valence-corrected chi connectivity index (χ4v) is 4.32. The van der Waals surface area contributed by atoms with Crippen LogP contribution in [0.1, 0.15) is 31.2 Å². The monoisotopic (exact) mass is 412 g/mol. The summed E-state index contributed by atoms with van der Waals surface area (Å²) in [5, 5.41) is 23.2. The van der Waals surface area contributed by atoms with Crippen LogP contribution in [0.2, 0.25) is 0 Å². The lowest BCUT2D eigenvalue weighted by molar-refractivity contribution is -0.125. The van der Waals surface area contributed by atoms with Gasteiger partial charge in [0.15, 0.2) is 0 Å². The number of benzene rings is 1. The molecule has 1 aromatic carbocycles. The van der Waals surface area contributed by atoms with E-state index in [-0.39, 0.29) is 43.0 Å². The maximum absolute atomic E-state index is 12.3. The molecule has 28 heavy (non-hydrogen) atoms. The molecular formula is C21H33ClN2O4. The van der Waals surface area contributed by atoms with Gasteiger partial charge in [0, 0.05) is 19.0 Å². The summed E-state index contributed by atoms with van der Waals surface area (Å²) in [5.74, 6) is 0.197. The maximum Gasteiger partial charge on any atom is 0.223 e. The van der Waals surface area contributed by atoms with Crippen molar-refractivity contribution in [3.8, 4) is 0 Å². The second kappa shape index (κ2) is 11.1. The number of aliphatic hydroxyl groups is 2. The third-order valence-electron chi connectivity index (χ3n) is 5.95. The molecule has 0 spiro atoms. The smallest absolute Gasteiger partial charge is 0.223 e.